The Morgan fingerprint density at radius 2 is 1.36 bits per heavy atom. The third kappa shape index (κ3) is 7.23. The maximum absolute atomic E-state index is 13.8. The summed E-state index contributed by atoms with van der Waals surface area (Å²) < 4.78 is 83.9. The summed E-state index contributed by atoms with van der Waals surface area (Å²) in [6.07, 6.45) is -4.86. The van der Waals surface area contributed by atoms with Crippen LogP contribution in [-0.4, -0.2) is 49.1 Å². The van der Waals surface area contributed by atoms with Gasteiger partial charge in [0.25, 0.3) is 0 Å². The second kappa shape index (κ2) is 13.5. The number of hydrogen-bond donors (Lipinski definition) is 0. The van der Waals surface area contributed by atoms with Crippen LogP contribution < -0.4 is 0 Å². The summed E-state index contributed by atoms with van der Waals surface area (Å²) in [4.78, 5) is 13.0. The van der Waals surface area contributed by atoms with Crippen LogP contribution in [0.15, 0.2) is 66.7 Å². The fourth-order valence-corrected chi connectivity index (χ4v) is 4.63. The van der Waals surface area contributed by atoms with Crippen molar-refractivity contribution in [3.05, 3.63) is 107 Å². The number of hydrogen-bond acceptors (Lipinski definition) is 6. The summed E-state index contributed by atoms with van der Waals surface area (Å²) in [6.45, 7) is -0.383. The van der Waals surface area contributed by atoms with E-state index < -0.39 is 59.9 Å². The lowest BCUT2D eigenvalue weighted by Gasteiger charge is -2.44. The molecule has 1 fully saturated rings. The lowest BCUT2D eigenvalue weighted by molar-refractivity contribution is -0.305. The van der Waals surface area contributed by atoms with Crippen LogP contribution in [0, 0.1) is 23.3 Å². The minimum absolute atomic E-state index is 0.186. The molecule has 39 heavy (non-hydrogen) atoms. The number of alkyl halides is 1. The zero-order valence-corrected chi connectivity index (χ0v) is 22.3. The van der Waals surface area contributed by atoms with Gasteiger partial charge in [0.15, 0.2) is 35.7 Å². The van der Waals surface area contributed by atoms with Crippen molar-refractivity contribution in [2.24, 2.45) is 0 Å². The second-order valence-corrected chi connectivity index (χ2v) is 9.36. The molecule has 208 valence electrons. The van der Waals surface area contributed by atoms with Gasteiger partial charge in [0, 0.05) is 12.4 Å². The Bertz CT molecular complexity index is 1260. The number of benzene rings is 3. The van der Waals surface area contributed by atoms with Gasteiger partial charge in [-0.1, -0.05) is 46.3 Å². The van der Waals surface area contributed by atoms with E-state index in [0.29, 0.717) is 16.7 Å². The molecular weight excluding hydrogens is 588 g/mol. The Balaban J connectivity index is 1.63. The lowest BCUT2D eigenvalue weighted by Crippen LogP contribution is -2.61. The number of halogens is 5. The van der Waals surface area contributed by atoms with E-state index in [1.54, 1.807) is 30.3 Å². The summed E-state index contributed by atoms with van der Waals surface area (Å²) in [6, 6.07) is 14.9. The van der Waals surface area contributed by atoms with Crippen molar-refractivity contribution in [3.63, 3.8) is 0 Å². The Hall–Kier alpha value is -2.83. The number of carbonyl (C=O) groups excluding carboxylic acids is 1. The van der Waals surface area contributed by atoms with Crippen LogP contribution in [0.2, 0.25) is 0 Å². The Kier molecular flexibility index (Phi) is 10.1. The number of rotatable bonds is 10. The highest BCUT2D eigenvalue weighted by Crippen LogP contribution is 2.32. The SMILES string of the molecule is CO[C@H]1O[C@H](CBr)[C@@H](OC(=O)c2ccccc2)[C@H](OCc2ccc(F)c(F)c2)[C@H]1OCc1ccc(F)c(F)c1. The first-order chi connectivity index (χ1) is 18.8. The molecule has 1 aliphatic rings. The molecule has 1 heterocycles. The monoisotopic (exact) mass is 612 g/mol. The van der Waals surface area contributed by atoms with Gasteiger partial charge in [-0.15, -0.1) is 0 Å². The van der Waals surface area contributed by atoms with E-state index in [4.69, 9.17) is 23.7 Å². The molecule has 1 aliphatic heterocycles. The molecule has 0 aromatic heterocycles. The first-order valence-electron chi connectivity index (χ1n) is 11.9. The van der Waals surface area contributed by atoms with Gasteiger partial charge in [-0.3, -0.25) is 0 Å². The van der Waals surface area contributed by atoms with Crippen molar-refractivity contribution in [1.82, 2.24) is 0 Å². The number of esters is 1. The van der Waals surface area contributed by atoms with Crippen molar-refractivity contribution in [2.45, 2.75) is 43.9 Å². The van der Waals surface area contributed by atoms with Crippen LogP contribution >= 0.6 is 15.9 Å². The molecule has 3 aromatic carbocycles. The molecule has 0 radical (unpaired) electrons. The summed E-state index contributed by atoms with van der Waals surface area (Å²) >= 11 is 3.37. The van der Waals surface area contributed by atoms with E-state index in [9.17, 15) is 22.4 Å². The average molecular weight is 613 g/mol. The molecule has 0 spiro atoms. The predicted molar refractivity (Wildman–Crippen MR) is 135 cm³/mol. The van der Waals surface area contributed by atoms with Gasteiger partial charge in [-0.2, -0.15) is 0 Å². The van der Waals surface area contributed by atoms with Gasteiger partial charge in [0.1, 0.15) is 18.3 Å². The van der Waals surface area contributed by atoms with Crippen LogP contribution in [0.1, 0.15) is 21.5 Å². The van der Waals surface area contributed by atoms with E-state index in [2.05, 4.69) is 15.9 Å². The number of ether oxygens (including phenoxy) is 5. The molecule has 5 atom stereocenters. The normalized spacial score (nSPS) is 23.0. The fraction of sp³-hybridized carbons (Fsp3) is 0.321. The lowest BCUT2D eigenvalue weighted by atomic mass is 9.98. The summed E-state index contributed by atoms with van der Waals surface area (Å²) in [5.74, 6) is -4.75. The summed E-state index contributed by atoms with van der Waals surface area (Å²) in [7, 11) is 1.38. The number of carbonyl (C=O) groups is 1. The molecule has 0 N–H and O–H groups in total. The van der Waals surface area contributed by atoms with Crippen LogP contribution in [0.25, 0.3) is 0 Å². The van der Waals surface area contributed by atoms with Crippen molar-refractivity contribution in [1.29, 1.82) is 0 Å². The third-order valence-electron chi connectivity index (χ3n) is 6.08. The topological polar surface area (TPSA) is 63.2 Å². The molecule has 0 bridgehead atoms. The van der Waals surface area contributed by atoms with E-state index in [1.807, 2.05) is 0 Å². The van der Waals surface area contributed by atoms with Crippen molar-refractivity contribution < 1.29 is 46.0 Å². The zero-order chi connectivity index (χ0) is 27.9. The zero-order valence-electron chi connectivity index (χ0n) is 20.7. The Morgan fingerprint density at radius 3 is 1.87 bits per heavy atom. The van der Waals surface area contributed by atoms with Gasteiger partial charge < -0.3 is 23.7 Å². The summed E-state index contributed by atoms with van der Waals surface area (Å²) in [5.41, 5.74) is 0.930. The molecule has 0 unspecified atom stereocenters. The van der Waals surface area contributed by atoms with E-state index >= 15 is 0 Å². The highest BCUT2D eigenvalue weighted by molar-refractivity contribution is 9.09. The van der Waals surface area contributed by atoms with Gasteiger partial charge in [0.2, 0.25) is 0 Å². The van der Waals surface area contributed by atoms with E-state index in [0.717, 1.165) is 24.3 Å². The molecule has 0 saturated carbocycles. The highest BCUT2D eigenvalue weighted by atomic mass is 79.9. The third-order valence-corrected chi connectivity index (χ3v) is 6.72. The second-order valence-electron chi connectivity index (χ2n) is 8.72. The highest BCUT2D eigenvalue weighted by Gasteiger charge is 2.49. The van der Waals surface area contributed by atoms with Crippen molar-refractivity contribution in [2.75, 3.05) is 12.4 Å². The summed E-state index contributed by atoms with van der Waals surface area (Å²) in [5, 5.41) is 0.223. The largest absolute Gasteiger partial charge is 0.453 e. The van der Waals surface area contributed by atoms with Crippen molar-refractivity contribution in [3.8, 4) is 0 Å². The van der Waals surface area contributed by atoms with Gasteiger partial charge >= 0.3 is 5.97 Å². The minimum Gasteiger partial charge on any atom is -0.453 e. The van der Waals surface area contributed by atoms with E-state index in [1.165, 1.54) is 19.2 Å². The van der Waals surface area contributed by atoms with Crippen LogP contribution in [0.5, 0.6) is 0 Å². The van der Waals surface area contributed by atoms with Crippen LogP contribution in [0.3, 0.4) is 0 Å². The maximum Gasteiger partial charge on any atom is 0.338 e. The molecule has 1 saturated heterocycles. The van der Waals surface area contributed by atoms with Gasteiger partial charge in [-0.25, -0.2) is 22.4 Å². The minimum atomic E-state index is -1.05. The molecule has 11 heteroatoms. The van der Waals surface area contributed by atoms with Gasteiger partial charge in [0.05, 0.1) is 18.8 Å². The Morgan fingerprint density at radius 1 is 0.795 bits per heavy atom. The van der Waals surface area contributed by atoms with Crippen molar-refractivity contribution >= 4 is 21.9 Å². The quantitative estimate of drug-likeness (QED) is 0.166. The smallest absolute Gasteiger partial charge is 0.338 e. The molecule has 0 aliphatic carbocycles. The predicted octanol–water partition coefficient (Wildman–Crippen LogP) is 5.71. The first kappa shape index (κ1) is 29.2. The first-order valence-corrected chi connectivity index (χ1v) is 13.0. The standard InChI is InChI=1S/C28H25BrF4O6/c1-35-28-26(37-15-17-8-10-20(31)22(33)12-17)25(36-14-16-7-9-19(30)21(32)11-16)24(23(13-29)38-28)39-27(34)18-5-3-2-4-6-18/h2-12,23-26,28H,13-15H2,1H3/t23-,24-,25+,26-,28+/m1/s1. The molecule has 6 nitrogen and oxygen atoms in total. The fourth-order valence-electron chi connectivity index (χ4n) is 4.11. The maximum atomic E-state index is 13.8. The van der Waals surface area contributed by atoms with E-state index in [-0.39, 0.29) is 18.5 Å². The molecule has 3 aromatic rings. The Labute approximate surface area is 230 Å². The molecular formula is C28H25BrF4O6. The average Bonchev–Trinajstić information content (AvgIpc) is 2.95. The van der Waals surface area contributed by atoms with Gasteiger partial charge in [-0.05, 0) is 47.5 Å². The number of methoxy groups -OCH3 is 1. The molecule has 4 rings (SSSR count). The molecule has 0 amide bonds. The van der Waals surface area contributed by atoms with Crippen LogP contribution in [-0.2, 0) is 36.9 Å². The van der Waals surface area contributed by atoms with Crippen LogP contribution in [0.4, 0.5) is 17.6 Å².